The highest BCUT2D eigenvalue weighted by molar-refractivity contribution is 5.64. The molecule has 0 amide bonds. The summed E-state index contributed by atoms with van der Waals surface area (Å²) in [5, 5.41) is 19.5. The van der Waals surface area contributed by atoms with E-state index in [2.05, 4.69) is 28.9 Å². The Bertz CT molecular complexity index is 612. The molecule has 3 heteroatoms. The third kappa shape index (κ3) is 2.41. The van der Waals surface area contributed by atoms with Gasteiger partial charge in [-0.2, -0.15) is 0 Å². The molecule has 1 aliphatic carbocycles. The van der Waals surface area contributed by atoms with Gasteiger partial charge in [-0.1, -0.05) is 24.0 Å². The molecule has 3 atom stereocenters. The second-order valence-corrected chi connectivity index (χ2v) is 6.81. The number of anilines is 1. The van der Waals surface area contributed by atoms with Crippen LogP contribution in [-0.4, -0.2) is 29.9 Å². The van der Waals surface area contributed by atoms with Gasteiger partial charge in [0.2, 0.25) is 0 Å². The third-order valence-electron chi connectivity index (χ3n) is 5.31. The normalized spacial score (nSPS) is 26.7. The molecule has 3 aliphatic rings. The molecule has 22 heavy (non-hydrogen) atoms. The Morgan fingerprint density at radius 2 is 1.86 bits per heavy atom. The fraction of sp³-hybridized carbons (Fsp3) is 0.579. The molecule has 0 saturated heterocycles. The van der Waals surface area contributed by atoms with Gasteiger partial charge in [0.15, 0.2) is 0 Å². The Labute approximate surface area is 132 Å². The second kappa shape index (κ2) is 5.61. The van der Waals surface area contributed by atoms with Crippen molar-refractivity contribution < 1.29 is 10.2 Å². The highest BCUT2D eigenvalue weighted by Crippen LogP contribution is 2.48. The minimum atomic E-state index is -0.406. The Morgan fingerprint density at radius 3 is 2.50 bits per heavy atom. The van der Waals surface area contributed by atoms with E-state index in [1.807, 2.05) is 0 Å². The van der Waals surface area contributed by atoms with Gasteiger partial charge < -0.3 is 15.1 Å². The molecule has 0 aromatic heterocycles. The topological polar surface area (TPSA) is 43.7 Å². The first kappa shape index (κ1) is 14.1. The quantitative estimate of drug-likeness (QED) is 0.821. The number of rotatable bonds is 2. The molecule has 2 N–H and O–H groups in total. The summed E-state index contributed by atoms with van der Waals surface area (Å²) in [5.74, 6) is 6.27. The first-order chi connectivity index (χ1) is 10.8. The monoisotopic (exact) mass is 297 g/mol. The maximum atomic E-state index is 10.7. The SMILES string of the molecule is OCC#CC1CC1C(O)c1cc2c3c(c1)CCCN3CCC2. The van der Waals surface area contributed by atoms with Crippen LogP contribution < -0.4 is 4.90 Å². The van der Waals surface area contributed by atoms with Gasteiger partial charge in [-0.25, -0.2) is 0 Å². The minimum Gasteiger partial charge on any atom is -0.388 e. The van der Waals surface area contributed by atoms with Gasteiger partial charge in [0, 0.05) is 30.6 Å². The molecule has 0 radical (unpaired) electrons. The van der Waals surface area contributed by atoms with Crippen molar-refractivity contribution in [2.45, 2.75) is 38.2 Å². The van der Waals surface area contributed by atoms with Gasteiger partial charge in [0.05, 0.1) is 6.10 Å². The van der Waals surface area contributed by atoms with Crippen molar-refractivity contribution in [2.75, 3.05) is 24.6 Å². The third-order valence-corrected chi connectivity index (χ3v) is 5.31. The standard InChI is InChI=1S/C19H23NO2/c21-9-3-6-13-12-17(13)19(22)16-10-14-4-1-7-20-8-2-5-15(11-16)18(14)20/h10-11,13,17,19,21-22H,1-2,4-5,7-9,12H2. The lowest BCUT2D eigenvalue weighted by Gasteiger charge is -2.37. The maximum Gasteiger partial charge on any atom is 0.104 e. The number of aryl methyl sites for hydroxylation is 2. The van der Waals surface area contributed by atoms with E-state index in [-0.39, 0.29) is 18.4 Å². The molecule has 0 spiro atoms. The number of hydrogen-bond acceptors (Lipinski definition) is 3. The first-order valence-electron chi connectivity index (χ1n) is 8.46. The van der Waals surface area contributed by atoms with Crippen LogP contribution in [0.2, 0.25) is 0 Å². The van der Waals surface area contributed by atoms with Crippen LogP contribution in [0.1, 0.15) is 42.1 Å². The number of benzene rings is 1. The number of hydrogen-bond donors (Lipinski definition) is 2. The van der Waals surface area contributed by atoms with Crippen molar-refractivity contribution in [3.63, 3.8) is 0 Å². The Balaban J connectivity index is 1.61. The van der Waals surface area contributed by atoms with Gasteiger partial charge in [-0.15, -0.1) is 0 Å². The number of aliphatic hydroxyl groups is 2. The molecule has 1 saturated carbocycles. The summed E-state index contributed by atoms with van der Waals surface area (Å²) in [6.07, 6.45) is 5.26. The van der Waals surface area contributed by atoms with Crippen LogP contribution >= 0.6 is 0 Å². The van der Waals surface area contributed by atoms with Crippen molar-refractivity contribution in [1.29, 1.82) is 0 Å². The van der Waals surface area contributed by atoms with Crippen LogP contribution in [0, 0.1) is 23.7 Å². The van der Waals surface area contributed by atoms with Gasteiger partial charge >= 0.3 is 0 Å². The van der Waals surface area contributed by atoms with Gasteiger partial charge in [0.1, 0.15) is 6.61 Å². The summed E-state index contributed by atoms with van der Waals surface area (Å²) >= 11 is 0. The van der Waals surface area contributed by atoms with Crippen LogP contribution in [0.3, 0.4) is 0 Å². The van der Waals surface area contributed by atoms with E-state index < -0.39 is 6.10 Å². The average Bonchev–Trinajstić information content (AvgIpc) is 3.32. The number of nitrogens with zero attached hydrogens (tertiary/aromatic N) is 1. The average molecular weight is 297 g/mol. The van der Waals surface area contributed by atoms with Gasteiger partial charge in [0.25, 0.3) is 0 Å². The molecule has 2 aliphatic heterocycles. The molecule has 2 heterocycles. The fourth-order valence-corrected chi connectivity index (χ4v) is 4.15. The van der Waals surface area contributed by atoms with Crippen LogP contribution in [0.15, 0.2) is 12.1 Å². The van der Waals surface area contributed by atoms with E-state index in [0.717, 1.165) is 24.8 Å². The molecule has 0 bridgehead atoms. The lowest BCUT2D eigenvalue weighted by atomic mass is 9.88. The first-order valence-corrected chi connectivity index (χ1v) is 8.46. The summed E-state index contributed by atoms with van der Waals surface area (Å²) in [4.78, 5) is 2.53. The molecule has 1 fully saturated rings. The predicted molar refractivity (Wildman–Crippen MR) is 86.7 cm³/mol. The largest absolute Gasteiger partial charge is 0.388 e. The van der Waals surface area contributed by atoms with Crippen LogP contribution in [0.25, 0.3) is 0 Å². The maximum absolute atomic E-state index is 10.7. The summed E-state index contributed by atoms with van der Waals surface area (Å²) in [6, 6.07) is 4.46. The van der Waals surface area contributed by atoms with E-state index in [1.54, 1.807) is 0 Å². The molecular weight excluding hydrogens is 274 g/mol. The number of aliphatic hydroxyl groups excluding tert-OH is 2. The molecule has 116 valence electrons. The highest BCUT2D eigenvalue weighted by atomic mass is 16.3. The Morgan fingerprint density at radius 1 is 1.18 bits per heavy atom. The lowest BCUT2D eigenvalue weighted by molar-refractivity contribution is 0.150. The fourth-order valence-electron chi connectivity index (χ4n) is 4.15. The minimum absolute atomic E-state index is 0.0852. The van der Waals surface area contributed by atoms with Crippen molar-refractivity contribution in [2.24, 2.45) is 11.8 Å². The molecular formula is C19H23NO2. The zero-order chi connectivity index (χ0) is 15.1. The summed E-state index contributed by atoms with van der Waals surface area (Å²) in [5.41, 5.74) is 5.39. The molecule has 3 nitrogen and oxygen atoms in total. The van der Waals surface area contributed by atoms with Gasteiger partial charge in [-0.3, -0.25) is 0 Å². The van der Waals surface area contributed by atoms with E-state index in [1.165, 1.54) is 42.7 Å². The van der Waals surface area contributed by atoms with Crippen molar-refractivity contribution in [1.82, 2.24) is 0 Å². The second-order valence-electron chi connectivity index (χ2n) is 6.81. The van der Waals surface area contributed by atoms with Crippen molar-refractivity contribution >= 4 is 5.69 Å². The van der Waals surface area contributed by atoms with Crippen LogP contribution in [0.5, 0.6) is 0 Å². The van der Waals surface area contributed by atoms with Gasteiger partial charge in [-0.05, 0) is 48.8 Å². The molecule has 3 unspecified atom stereocenters. The summed E-state index contributed by atoms with van der Waals surface area (Å²) in [7, 11) is 0. The van der Waals surface area contributed by atoms with E-state index >= 15 is 0 Å². The van der Waals surface area contributed by atoms with Crippen molar-refractivity contribution in [3.05, 3.63) is 28.8 Å². The zero-order valence-corrected chi connectivity index (χ0v) is 12.9. The molecule has 1 aromatic rings. The predicted octanol–water partition coefficient (Wildman–Crippen LogP) is 2.05. The van der Waals surface area contributed by atoms with Crippen LogP contribution in [0.4, 0.5) is 5.69 Å². The molecule has 4 rings (SSSR count). The highest BCUT2D eigenvalue weighted by Gasteiger charge is 2.42. The van der Waals surface area contributed by atoms with E-state index in [9.17, 15) is 5.11 Å². The Kier molecular flexibility index (Phi) is 3.60. The smallest absolute Gasteiger partial charge is 0.104 e. The summed E-state index contributed by atoms with van der Waals surface area (Å²) in [6.45, 7) is 2.28. The van der Waals surface area contributed by atoms with E-state index in [0.29, 0.717) is 0 Å². The van der Waals surface area contributed by atoms with Crippen LogP contribution in [-0.2, 0) is 12.8 Å². The summed E-state index contributed by atoms with van der Waals surface area (Å²) < 4.78 is 0. The molecule has 1 aromatic carbocycles. The lowest BCUT2D eigenvalue weighted by Crippen LogP contribution is -2.34. The zero-order valence-electron chi connectivity index (χ0n) is 12.9. The van der Waals surface area contributed by atoms with E-state index in [4.69, 9.17) is 5.11 Å². The Hall–Kier alpha value is -1.50. The van der Waals surface area contributed by atoms with Crippen molar-refractivity contribution in [3.8, 4) is 11.8 Å².